The number of nitrogens with zero attached hydrogens (tertiary/aromatic N) is 6. The molecule has 6 rings (SSSR count). The molecule has 3 saturated heterocycles. The van der Waals surface area contributed by atoms with Gasteiger partial charge in [-0.15, -0.1) is 0 Å². The zero-order chi connectivity index (χ0) is 27.3. The molecule has 0 saturated carbocycles. The number of nitrogens with one attached hydrogen (secondary N) is 1. The number of carbonyl (C=O) groups is 1. The van der Waals surface area contributed by atoms with E-state index in [1.807, 2.05) is 23.1 Å². The number of allylic oxidation sites excluding steroid dienone is 3. The summed E-state index contributed by atoms with van der Waals surface area (Å²) in [5.41, 5.74) is 4.19. The number of piperazine rings is 1. The number of hydrogen-bond acceptors (Lipinski definition) is 7. The van der Waals surface area contributed by atoms with Gasteiger partial charge in [0.25, 0.3) is 0 Å². The molecule has 1 N–H and O–H groups in total. The Bertz CT molecular complexity index is 1270. The van der Waals surface area contributed by atoms with Crippen molar-refractivity contribution >= 4 is 22.6 Å². The summed E-state index contributed by atoms with van der Waals surface area (Å²) in [6, 6.07) is 6.85. The van der Waals surface area contributed by atoms with Gasteiger partial charge < -0.3 is 24.8 Å². The summed E-state index contributed by atoms with van der Waals surface area (Å²) in [6.07, 6.45) is 13.9. The molecule has 2 amide bonds. The van der Waals surface area contributed by atoms with Gasteiger partial charge in [-0.1, -0.05) is 25.2 Å². The molecule has 1 atom stereocenters. The van der Waals surface area contributed by atoms with E-state index in [2.05, 4.69) is 62.3 Å². The van der Waals surface area contributed by atoms with Crippen LogP contribution in [0.3, 0.4) is 0 Å². The summed E-state index contributed by atoms with van der Waals surface area (Å²) in [4.78, 5) is 31.7. The molecule has 0 bridgehead atoms. The topological polar surface area (TPSA) is 77.1 Å². The van der Waals surface area contributed by atoms with E-state index < -0.39 is 0 Å². The molecule has 1 unspecified atom stereocenters. The van der Waals surface area contributed by atoms with E-state index in [4.69, 9.17) is 9.72 Å². The first kappa shape index (κ1) is 26.9. The van der Waals surface area contributed by atoms with Gasteiger partial charge in [0.2, 0.25) is 0 Å². The minimum absolute atomic E-state index is 0.0343. The van der Waals surface area contributed by atoms with E-state index in [0.717, 1.165) is 94.2 Å². The molecular weight excluding hydrogens is 502 g/mol. The molecule has 4 heterocycles. The summed E-state index contributed by atoms with van der Waals surface area (Å²) in [6.45, 7) is 12.5. The van der Waals surface area contributed by atoms with E-state index >= 15 is 0 Å². The van der Waals surface area contributed by atoms with Crippen LogP contribution in [0.4, 0.5) is 10.5 Å². The van der Waals surface area contributed by atoms with Crippen LogP contribution in [-0.4, -0.2) is 109 Å². The number of piperidine rings is 1. The SMILES string of the molecule is CCN1CCN(c2ccc3c(C4CCN(C(=O)NC5=CC=CC(N6CCOCC6)C=C5)CC4)ncnc3c2)CC1. The minimum atomic E-state index is -0.0343. The summed E-state index contributed by atoms with van der Waals surface area (Å²) in [5.74, 6) is 0.322. The second-order valence-electron chi connectivity index (χ2n) is 11.1. The van der Waals surface area contributed by atoms with Crippen molar-refractivity contribution in [2.24, 2.45) is 0 Å². The first-order valence-electron chi connectivity index (χ1n) is 14.8. The van der Waals surface area contributed by atoms with Gasteiger partial charge in [0.05, 0.1) is 24.4 Å². The van der Waals surface area contributed by atoms with Crippen LogP contribution >= 0.6 is 0 Å². The van der Waals surface area contributed by atoms with Crippen molar-refractivity contribution in [2.75, 3.05) is 77.0 Å². The van der Waals surface area contributed by atoms with Crippen molar-refractivity contribution in [2.45, 2.75) is 31.7 Å². The number of fused-ring (bicyclic) bond motifs is 1. The number of benzene rings is 1. The highest BCUT2D eigenvalue weighted by molar-refractivity contribution is 5.85. The molecule has 1 aromatic heterocycles. The first-order valence-corrected chi connectivity index (χ1v) is 14.8. The number of urea groups is 1. The van der Waals surface area contributed by atoms with Crippen LogP contribution in [-0.2, 0) is 4.74 Å². The third kappa shape index (κ3) is 6.06. The Morgan fingerprint density at radius 2 is 1.80 bits per heavy atom. The fraction of sp³-hybridized carbons (Fsp3) is 0.516. The Balaban J connectivity index is 1.05. The van der Waals surface area contributed by atoms with Gasteiger partial charge in [0, 0.05) is 81.1 Å². The highest BCUT2D eigenvalue weighted by atomic mass is 16.5. The monoisotopic (exact) mass is 543 g/mol. The van der Waals surface area contributed by atoms with Gasteiger partial charge in [-0.05, 0) is 49.7 Å². The second-order valence-corrected chi connectivity index (χ2v) is 11.1. The number of morpholine rings is 1. The molecule has 212 valence electrons. The van der Waals surface area contributed by atoms with Crippen LogP contribution in [0.15, 0.2) is 60.6 Å². The summed E-state index contributed by atoms with van der Waals surface area (Å²) < 4.78 is 5.48. The second kappa shape index (κ2) is 12.5. The molecule has 0 radical (unpaired) electrons. The minimum Gasteiger partial charge on any atom is -0.379 e. The average Bonchev–Trinajstić information content (AvgIpc) is 3.26. The lowest BCUT2D eigenvalue weighted by atomic mass is 9.91. The van der Waals surface area contributed by atoms with Crippen LogP contribution < -0.4 is 10.2 Å². The number of hydrogen-bond donors (Lipinski definition) is 1. The maximum Gasteiger partial charge on any atom is 0.321 e. The van der Waals surface area contributed by atoms with Crippen molar-refractivity contribution in [1.29, 1.82) is 0 Å². The van der Waals surface area contributed by atoms with Crippen LogP contribution in [0.25, 0.3) is 10.9 Å². The van der Waals surface area contributed by atoms with Crippen molar-refractivity contribution in [3.05, 3.63) is 66.3 Å². The number of carbonyl (C=O) groups excluding carboxylic acids is 1. The number of aromatic nitrogens is 2. The fourth-order valence-corrected chi connectivity index (χ4v) is 6.27. The fourth-order valence-electron chi connectivity index (χ4n) is 6.27. The van der Waals surface area contributed by atoms with Crippen LogP contribution in [0.2, 0.25) is 0 Å². The van der Waals surface area contributed by atoms with E-state index in [1.54, 1.807) is 6.33 Å². The molecule has 9 heteroatoms. The Morgan fingerprint density at radius 3 is 2.58 bits per heavy atom. The Labute approximate surface area is 237 Å². The zero-order valence-corrected chi connectivity index (χ0v) is 23.5. The lowest BCUT2D eigenvalue weighted by Gasteiger charge is -2.35. The predicted octanol–water partition coefficient (Wildman–Crippen LogP) is 3.37. The van der Waals surface area contributed by atoms with Crippen LogP contribution in [0.1, 0.15) is 31.4 Å². The molecule has 4 aliphatic rings. The maximum atomic E-state index is 13.1. The highest BCUT2D eigenvalue weighted by Gasteiger charge is 2.27. The molecule has 3 fully saturated rings. The van der Waals surface area contributed by atoms with Crippen molar-refractivity contribution < 1.29 is 9.53 Å². The van der Waals surface area contributed by atoms with E-state index in [0.29, 0.717) is 19.0 Å². The number of ether oxygens (including phenoxy) is 1. The van der Waals surface area contributed by atoms with E-state index in [9.17, 15) is 4.79 Å². The predicted molar refractivity (Wildman–Crippen MR) is 158 cm³/mol. The largest absolute Gasteiger partial charge is 0.379 e. The van der Waals surface area contributed by atoms with E-state index in [1.165, 1.54) is 5.69 Å². The average molecular weight is 544 g/mol. The number of likely N-dealkylation sites (tertiary alicyclic amines) is 1. The summed E-state index contributed by atoms with van der Waals surface area (Å²) in [7, 11) is 0. The van der Waals surface area contributed by atoms with Gasteiger partial charge >= 0.3 is 6.03 Å². The lowest BCUT2D eigenvalue weighted by Crippen LogP contribution is -2.46. The molecule has 0 spiro atoms. The van der Waals surface area contributed by atoms with Crippen molar-refractivity contribution in [3.8, 4) is 0 Å². The van der Waals surface area contributed by atoms with Crippen molar-refractivity contribution in [3.63, 3.8) is 0 Å². The Morgan fingerprint density at radius 1 is 1.00 bits per heavy atom. The first-order chi connectivity index (χ1) is 19.7. The molecular formula is C31H41N7O2. The number of likely N-dealkylation sites (N-methyl/N-ethyl adjacent to an activating group) is 1. The molecule has 1 aliphatic carbocycles. The van der Waals surface area contributed by atoms with Crippen molar-refractivity contribution in [1.82, 2.24) is 30.0 Å². The zero-order valence-electron chi connectivity index (χ0n) is 23.5. The van der Waals surface area contributed by atoms with Crippen LogP contribution in [0, 0.1) is 0 Å². The quantitative estimate of drug-likeness (QED) is 0.620. The summed E-state index contributed by atoms with van der Waals surface area (Å²) in [5, 5.41) is 4.25. The van der Waals surface area contributed by atoms with Gasteiger partial charge in [0.15, 0.2) is 0 Å². The van der Waals surface area contributed by atoms with Gasteiger partial charge in [-0.3, -0.25) is 4.90 Å². The van der Waals surface area contributed by atoms with Crippen LogP contribution in [0.5, 0.6) is 0 Å². The molecule has 9 nitrogen and oxygen atoms in total. The normalized spacial score (nSPS) is 23.3. The van der Waals surface area contributed by atoms with Gasteiger partial charge in [-0.25, -0.2) is 14.8 Å². The van der Waals surface area contributed by atoms with E-state index in [-0.39, 0.29) is 12.1 Å². The third-order valence-electron chi connectivity index (χ3n) is 8.78. The Kier molecular flexibility index (Phi) is 8.41. The molecule has 1 aromatic carbocycles. The van der Waals surface area contributed by atoms with Gasteiger partial charge in [0.1, 0.15) is 6.33 Å². The molecule has 2 aromatic rings. The van der Waals surface area contributed by atoms with Gasteiger partial charge in [-0.2, -0.15) is 0 Å². The number of rotatable bonds is 5. The molecule has 3 aliphatic heterocycles. The summed E-state index contributed by atoms with van der Waals surface area (Å²) >= 11 is 0. The molecule has 40 heavy (non-hydrogen) atoms. The number of amides is 2. The Hall–Kier alpha value is -3.27. The smallest absolute Gasteiger partial charge is 0.321 e. The third-order valence-corrected chi connectivity index (χ3v) is 8.78. The highest BCUT2D eigenvalue weighted by Crippen LogP contribution is 2.32. The number of anilines is 1. The standard InChI is InChI=1S/C31H41N7O2/c1-2-35-14-16-36(17-15-35)27-8-9-28-29(22-27)32-23-33-30(28)24-10-12-38(13-11-24)31(39)34-25-4-3-5-26(7-6-25)37-18-20-40-21-19-37/h3-9,22-24,26H,2,10-21H2,1H3,(H,34,39). The lowest BCUT2D eigenvalue weighted by molar-refractivity contribution is 0.0330. The maximum absolute atomic E-state index is 13.1.